The molecule has 2 aromatic rings. The number of amides is 1. The van der Waals surface area contributed by atoms with Gasteiger partial charge in [-0.25, -0.2) is 4.79 Å². The lowest BCUT2D eigenvalue weighted by Gasteiger charge is -2.32. The number of hydrogen-bond acceptors (Lipinski definition) is 5. The van der Waals surface area contributed by atoms with E-state index in [2.05, 4.69) is 34.3 Å². The number of rotatable bonds is 6. The van der Waals surface area contributed by atoms with Crippen LogP contribution in [0, 0.1) is 23.7 Å². The van der Waals surface area contributed by atoms with E-state index in [1.54, 1.807) is 31.3 Å². The number of ether oxygens (including phenoxy) is 2. The number of hydrogen-bond donors (Lipinski definition) is 2. The average Bonchev–Trinajstić information content (AvgIpc) is 2.80. The molecule has 0 spiro atoms. The molecule has 0 fully saturated rings. The zero-order chi connectivity index (χ0) is 25.4. The van der Waals surface area contributed by atoms with Gasteiger partial charge in [-0.05, 0) is 102 Å². The van der Waals surface area contributed by atoms with Gasteiger partial charge in [0.15, 0.2) is 0 Å². The maximum Gasteiger partial charge on any atom is 0.330 e. The van der Waals surface area contributed by atoms with Crippen molar-refractivity contribution in [3.05, 3.63) is 65.2 Å². The molecule has 0 radical (unpaired) electrons. The molecule has 0 saturated carbocycles. The minimum Gasteiger partial charge on any atom is -0.488 e. The van der Waals surface area contributed by atoms with Crippen LogP contribution >= 0.6 is 0 Å². The van der Waals surface area contributed by atoms with E-state index in [4.69, 9.17) is 9.47 Å². The predicted molar refractivity (Wildman–Crippen MR) is 133 cm³/mol. The standard InChI is InChI=1S/C28H32N2O4/c1-27(2,3)34-23-18-14-21(15-19-23)11-9-8-10-20-12-16-22(17-13-20)25(31)30-24(26(32)33-7)28(4,5)29-6/h12-19,24,29H,1-7H3,(H,30,31)/t24-/m1/s1. The second-order valence-electron chi connectivity index (χ2n) is 9.22. The van der Waals surface area contributed by atoms with Gasteiger partial charge in [0.2, 0.25) is 0 Å². The van der Waals surface area contributed by atoms with Crippen molar-refractivity contribution in [1.82, 2.24) is 10.6 Å². The molecule has 2 rings (SSSR count). The number of methoxy groups -OCH3 is 1. The van der Waals surface area contributed by atoms with Crippen molar-refractivity contribution in [2.75, 3.05) is 14.2 Å². The molecule has 6 heteroatoms. The monoisotopic (exact) mass is 460 g/mol. The summed E-state index contributed by atoms with van der Waals surface area (Å²) < 4.78 is 10.6. The molecule has 0 aromatic heterocycles. The van der Waals surface area contributed by atoms with E-state index in [-0.39, 0.29) is 11.5 Å². The number of carbonyl (C=O) groups excluding carboxylic acids is 2. The Morgan fingerprint density at radius 2 is 1.35 bits per heavy atom. The number of esters is 1. The summed E-state index contributed by atoms with van der Waals surface area (Å²) in [6, 6.07) is 13.5. The highest BCUT2D eigenvalue weighted by molar-refractivity contribution is 5.97. The van der Waals surface area contributed by atoms with Crippen LogP contribution in [-0.4, -0.2) is 43.2 Å². The highest BCUT2D eigenvalue weighted by atomic mass is 16.5. The van der Waals surface area contributed by atoms with Crippen LogP contribution in [-0.2, 0) is 9.53 Å². The third-order valence-corrected chi connectivity index (χ3v) is 4.98. The van der Waals surface area contributed by atoms with Crippen molar-refractivity contribution >= 4 is 11.9 Å². The van der Waals surface area contributed by atoms with Crippen LogP contribution in [0.5, 0.6) is 5.75 Å². The van der Waals surface area contributed by atoms with Gasteiger partial charge in [-0.3, -0.25) is 4.79 Å². The Morgan fingerprint density at radius 1 is 0.853 bits per heavy atom. The van der Waals surface area contributed by atoms with Crippen LogP contribution in [0.4, 0.5) is 0 Å². The number of carbonyl (C=O) groups is 2. The number of benzene rings is 2. The van der Waals surface area contributed by atoms with E-state index in [1.807, 2.05) is 58.9 Å². The summed E-state index contributed by atoms with van der Waals surface area (Å²) in [4.78, 5) is 24.8. The SMILES string of the molecule is CNC(C)(C)[C@H](NC(=O)c1ccc(C#CC#Cc2ccc(OC(C)(C)C)cc2)cc1)C(=O)OC. The summed E-state index contributed by atoms with van der Waals surface area (Å²) in [7, 11) is 3.01. The fourth-order valence-electron chi connectivity index (χ4n) is 2.88. The van der Waals surface area contributed by atoms with Crippen molar-refractivity contribution in [3.63, 3.8) is 0 Å². The Labute approximate surface area is 202 Å². The topological polar surface area (TPSA) is 76.7 Å². The molecule has 1 amide bonds. The van der Waals surface area contributed by atoms with Crippen LogP contribution in [0.3, 0.4) is 0 Å². The molecule has 0 bridgehead atoms. The van der Waals surface area contributed by atoms with Crippen LogP contribution in [0.15, 0.2) is 48.5 Å². The molecule has 0 heterocycles. The minimum absolute atomic E-state index is 0.249. The molecule has 34 heavy (non-hydrogen) atoms. The molecule has 6 nitrogen and oxygen atoms in total. The summed E-state index contributed by atoms with van der Waals surface area (Å²) in [6.45, 7) is 9.61. The summed E-state index contributed by atoms with van der Waals surface area (Å²) in [6.07, 6.45) is 0. The van der Waals surface area contributed by atoms with Gasteiger partial charge in [0.05, 0.1) is 7.11 Å². The summed E-state index contributed by atoms with van der Waals surface area (Å²) in [5, 5.41) is 5.76. The van der Waals surface area contributed by atoms with Gasteiger partial charge < -0.3 is 20.1 Å². The average molecular weight is 461 g/mol. The quantitative estimate of drug-likeness (QED) is 0.509. The molecule has 0 aliphatic carbocycles. The molecule has 0 unspecified atom stereocenters. The smallest absolute Gasteiger partial charge is 0.330 e. The normalized spacial score (nSPS) is 11.7. The zero-order valence-electron chi connectivity index (χ0n) is 20.8. The lowest BCUT2D eigenvalue weighted by Crippen LogP contribution is -2.60. The van der Waals surface area contributed by atoms with Crippen molar-refractivity contribution in [2.24, 2.45) is 0 Å². The van der Waals surface area contributed by atoms with Gasteiger partial charge in [-0.15, -0.1) is 0 Å². The number of nitrogens with one attached hydrogen (secondary N) is 2. The predicted octanol–water partition coefficient (Wildman–Crippen LogP) is 3.54. The van der Waals surface area contributed by atoms with Crippen molar-refractivity contribution in [2.45, 2.75) is 51.8 Å². The lowest BCUT2D eigenvalue weighted by molar-refractivity contribution is -0.144. The first-order chi connectivity index (χ1) is 15.9. The Hall–Kier alpha value is -3.74. The second-order valence-corrected chi connectivity index (χ2v) is 9.22. The van der Waals surface area contributed by atoms with Gasteiger partial charge in [-0.1, -0.05) is 11.8 Å². The maximum atomic E-state index is 12.7. The molecule has 0 aliphatic heterocycles. The first kappa shape index (κ1) is 26.5. The molecule has 0 saturated heterocycles. The Morgan fingerprint density at radius 3 is 1.79 bits per heavy atom. The van der Waals surface area contributed by atoms with Crippen LogP contribution in [0.2, 0.25) is 0 Å². The Balaban J connectivity index is 2.04. The molecular formula is C28H32N2O4. The van der Waals surface area contributed by atoms with Crippen molar-refractivity contribution in [1.29, 1.82) is 0 Å². The fourth-order valence-corrected chi connectivity index (χ4v) is 2.88. The van der Waals surface area contributed by atoms with E-state index in [0.29, 0.717) is 5.56 Å². The van der Waals surface area contributed by atoms with E-state index >= 15 is 0 Å². The van der Waals surface area contributed by atoms with Gasteiger partial charge in [0.25, 0.3) is 5.91 Å². The van der Waals surface area contributed by atoms with E-state index in [9.17, 15) is 9.59 Å². The van der Waals surface area contributed by atoms with Gasteiger partial charge >= 0.3 is 5.97 Å². The Kier molecular flexibility index (Phi) is 8.90. The van der Waals surface area contributed by atoms with Crippen LogP contribution < -0.4 is 15.4 Å². The first-order valence-electron chi connectivity index (χ1n) is 10.9. The Bertz CT molecular complexity index is 1120. The largest absolute Gasteiger partial charge is 0.488 e. The highest BCUT2D eigenvalue weighted by Gasteiger charge is 2.36. The first-order valence-corrected chi connectivity index (χ1v) is 10.9. The van der Waals surface area contributed by atoms with Gasteiger partial charge in [0.1, 0.15) is 17.4 Å². The molecule has 1 atom stereocenters. The minimum atomic E-state index is -0.848. The van der Waals surface area contributed by atoms with E-state index in [0.717, 1.165) is 16.9 Å². The summed E-state index contributed by atoms with van der Waals surface area (Å²) in [5.41, 5.74) is 1.04. The fraction of sp³-hybridized carbons (Fsp3) is 0.357. The van der Waals surface area contributed by atoms with Crippen molar-refractivity contribution in [3.8, 4) is 29.4 Å². The van der Waals surface area contributed by atoms with Crippen LogP contribution in [0.1, 0.15) is 56.1 Å². The zero-order valence-corrected chi connectivity index (χ0v) is 20.8. The van der Waals surface area contributed by atoms with E-state index < -0.39 is 17.6 Å². The van der Waals surface area contributed by atoms with E-state index in [1.165, 1.54) is 7.11 Å². The van der Waals surface area contributed by atoms with Crippen LogP contribution in [0.25, 0.3) is 0 Å². The molecule has 0 aliphatic rings. The number of likely N-dealkylation sites (N-methyl/N-ethyl adjacent to an activating group) is 1. The molecule has 2 N–H and O–H groups in total. The summed E-state index contributed by atoms with van der Waals surface area (Å²) in [5.74, 6) is 11.5. The third-order valence-electron chi connectivity index (χ3n) is 4.98. The maximum absolute atomic E-state index is 12.7. The molecule has 2 aromatic carbocycles. The second kappa shape index (κ2) is 11.4. The third kappa shape index (κ3) is 7.99. The summed E-state index contributed by atoms with van der Waals surface area (Å²) >= 11 is 0. The van der Waals surface area contributed by atoms with Crippen molar-refractivity contribution < 1.29 is 19.1 Å². The van der Waals surface area contributed by atoms with Gasteiger partial charge in [0, 0.05) is 22.2 Å². The van der Waals surface area contributed by atoms with Gasteiger partial charge in [-0.2, -0.15) is 0 Å². The molecular weight excluding hydrogens is 428 g/mol. The molecule has 178 valence electrons. The lowest BCUT2D eigenvalue weighted by atomic mass is 9.94. The highest BCUT2D eigenvalue weighted by Crippen LogP contribution is 2.18.